The molecule has 0 aliphatic rings. The summed E-state index contributed by atoms with van der Waals surface area (Å²) in [6.07, 6.45) is 0. The van der Waals surface area contributed by atoms with Crippen molar-refractivity contribution < 1.29 is 37.2 Å². The van der Waals surface area contributed by atoms with Gasteiger partial charge < -0.3 is 10.2 Å². The minimum absolute atomic E-state index is 0. The summed E-state index contributed by atoms with van der Waals surface area (Å²) in [6.45, 7) is 0. The third kappa shape index (κ3) is 6.41. The quantitative estimate of drug-likeness (QED) is 0.835. The van der Waals surface area contributed by atoms with Crippen LogP contribution in [0.25, 0.3) is 0 Å². The van der Waals surface area contributed by atoms with E-state index in [1.165, 1.54) is 12.1 Å². The molecule has 0 saturated heterocycles. The van der Waals surface area contributed by atoms with E-state index in [1.807, 2.05) is 0 Å². The molecule has 0 unspecified atom stereocenters. The first kappa shape index (κ1) is 16.9. The third-order valence-electron chi connectivity index (χ3n) is 1.99. The molecule has 0 aliphatic heterocycles. The molecule has 4 nitrogen and oxygen atoms in total. The maximum Gasteiger partial charge on any atom is 0.335 e. The summed E-state index contributed by atoms with van der Waals surface area (Å²) in [5, 5.41) is 16.8. The van der Waals surface area contributed by atoms with Crippen LogP contribution in [0, 0.1) is 6.07 Å². The molecule has 0 atom stereocenters. The summed E-state index contributed by atoms with van der Waals surface area (Å²) in [4.78, 5) is 20.4. The van der Waals surface area contributed by atoms with Crippen molar-refractivity contribution in [1.29, 1.82) is 0 Å². The average molecular weight is 295 g/mol. The van der Waals surface area contributed by atoms with Gasteiger partial charge in [0.1, 0.15) is 0 Å². The van der Waals surface area contributed by atoms with Gasteiger partial charge in [0.05, 0.1) is 5.56 Å². The van der Waals surface area contributed by atoms with E-state index in [1.54, 1.807) is 42.5 Å². The maximum absolute atomic E-state index is 10.2. The van der Waals surface area contributed by atoms with Crippen LogP contribution >= 0.6 is 0 Å². The maximum atomic E-state index is 10.2. The van der Waals surface area contributed by atoms with Gasteiger partial charge in [-0.3, -0.25) is 0 Å². The molecule has 2 N–H and O–H groups in total. The molecule has 2 aromatic carbocycles. The fraction of sp³-hybridized carbons (Fsp3) is 0. The number of rotatable bonds is 2. The van der Waals surface area contributed by atoms with Crippen LogP contribution in [-0.4, -0.2) is 22.2 Å². The number of carboxylic acids is 2. The molecule has 0 aromatic heterocycles. The van der Waals surface area contributed by atoms with Gasteiger partial charge in [0.15, 0.2) is 0 Å². The topological polar surface area (TPSA) is 74.6 Å². The normalized spacial score (nSPS) is 8.42. The van der Waals surface area contributed by atoms with E-state index in [0.29, 0.717) is 11.1 Å². The molecule has 0 aliphatic carbocycles. The predicted octanol–water partition coefficient (Wildman–Crippen LogP) is 2.57. The first-order valence-corrected chi connectivity index (χ1v) is 5.09. The Morgan fingerprint density at radius 2 is 1.21 bits per heavy atom. The summed E-state index contributed by atoms with van der Waals surface area (Å²) >= 11 is 0. The van der Waals surface area contributed by atoms with Crippen LogP contribution in [-0.2, 0) is 17.4 Å². The van der Waals surface area contributed by atoms with E-state index in [4.69, 9.17) is 10.2 Å². The molecule has 0 saturated carbocycles. The van der Waals surface area contributed by atoms with E-state index in [2.05, 4.69) is 6.07 Å². The van der Waals surface area contributed by atoms with Gasteiger partial charge in [0, 0.05) is 17.4 Å². The Kier molecular flexibility index (Phi) is 7.94. The van der Waals surface area contributed by atoms with E-state index in [9.17, 15) is 9.59 Å². The van der Waals surface area contributed by atoms with Gasteiger partial charge in [-0.2, -0.15) is 30.3 Å². The van der Waals surface area contributed by atoms with Crippen molar-refractivity contribution in [3.8, 4) is 0 Å². The van der Waals surface area contributed by atoms with Gasteiger partial charge in [0.25, 0.3) is 0 Å². The molecular weight excluding hydrogens is 284 g/mol. The molecule has 0 amide bonds. The van der Waals surface area contributed by atoms with Gasteiger partial charge >= 0.3 is 11.9 Å². The average Bonchev–Trinajstić information content (AvgIpc) is 2.41. The van der Waals surface area contributed by atoms with Crippen LogP contribution in [0.4, 0.5) is 0 Å². The number of hydrogen-bond acceptors (Lipinski definition) is 2. The smallest absolute Gasteiger partial charge is 0.335 e. The molecule has 0 fully saturated rings. The SMILES string of the molecule is O=C(O)c1cc[c-]cc1.O=C(O)c1ccccc1.[Cr]. The first-order valence-electron chi connectivity index (χ1n) is 5.09. The molecule has 5 heteroatoms. The Labute approximate surface area is 121 Å². The van der Waals surface area contributed by atoms with Crippen molar-refractivity contribution in [2.45, 2.75) is 0 Å². The van der Waals surface area contributed by atoms with Gasteiger partial charge in [-0.25, -0.2) is 9.59 Å². The predicted molar refractivity (Wildman–Crippen MR) is 65.6 cm³/mol. The van der Waals surface area contributed by atoms with Crippen molar-refractivity contribution in [3.05, 3.63) is 71.8 Å². The zero-order valence-corrected chi connectivity index (χ0v) is 11.1. The van der Waals surface area contributed by atoms with Gasteiger partial charge in [-0.05, 0) is 17.7 Å². The Bertz CT molecular complexity index is 462. The second-order valence-electron chi connectivity index (χ2n) is 3.27. The Balaban J connectivity index is 0.000000324. The van der Waals surface area contributed by atoms with Crippen molar-refractivity contribution in [3.63, 3.8) is 0 Å². The van der Waals surface area contributed by atoms with Crippen LogP contribution in [0.3, 0.4) is 0 Å². The summed E-state index contributed by atoms with van der Waals surface area (Å²) in [7, 11) is 0. The Morgan fingerprint density at radius 3 is 1.53 bits per heavy atom. The summed E-state index contributed by atoms with van der Waals surface area (Å²) in [5.41, 5.74) is 0.631. The van der Waals surface area contributed by atoms with E-state index in [0.717, 1.165) is 0 Å². The van der Waals surface area contributed by atoms with Crippen molar-refractivity contribution in [1.82, 2.24) is 0 Å². The third-order valence-corrected chi connectivity index (χ3v) is 1.99. The number of hydrogen-bond donors (Lipinski definition) is 2. The molecule has 0 spiro atoms. The monoisotopic (exact) mass is 295 g/mol. The van der Waals surface area contributed by atoms with Gasteiger partial charge in [0.2, 0.25) is 0 Å². The number of carbonyl (C=O) groups is 2. The van der Waals surface area contributed by atoms with E-state index >= 15 is 0 Å². The van der Waals surface area contributed by atoms with Crippen LogP contribution in [0.1, 0.15) is 20.7 Å². The van der Waals surface area contributed by atoms with Crippen LogP contribution in [0.5, 0.6) is 0 Å². The minimum atomic E-state index is -0.899. The van der Waals surface area contributed by atoms with Gasteiger partial charge in [-0.15, -0.1) is 0 Å². The zero-order valence-electron chi connectivity index (χ0n) is 9.82. The second-order valence-corrected chi connectivity index (χ2v) is 3.27. The van der Waals surface area contributed by atoms with Gasteiger partial charge in [-0.1, -0.05) is 18.2 Å². The number of benzene rings is 2. The van der Waals surface area contributed by atoms with Crippen molar-refractivity contribution >= 4 is 11.9 Å². The van der Waals surface area contributed by atoms with Crippen LogP contribution < -0.4 is 0 Å². The summed E-state index contributed by atoms with van der Waals surface area (Å²) < 4.78 is 0. The Hall–Kier alpha value is -2.09. The first-order chi connectivity index (χ1) is 8.61. The van der Waals surface area contributed by atoms with Crippen molar-refractivity contribution in [2.75, 3.05) is 0 Å². The van der Waals surface area contributed by atoms with E-state index < -0.39 is 11.9 Å². The fourth-order valence-corrected chi connectivity index (χ4v) is 1.11. The molecule has 19 heavy (non-hydrogen) atoms. The fourth-order valence-electron chi connectivity index (χ4n) is 1.11. The zero-order chi connectivity index (χ0) is 13.4. The second kappa shape index (κ2) is 8.92. The van der Waals surface area contributed by atoms with Crippen LogP contribution in [0.2, 0.25) is 0 Å². The number of carboxylic acid groups (broad SMARTS) is 2. The van der Waals surface area contributed by atoms with Crippen LogP contribution in [0.15, 0.2) is 54.6 Å². The molecule has 2 aromatic rings. The molecule has 0 heterocycles. The Morgan fingerprint density at radius 1 is 0.789 bits per heavy atom. The van der Waals surface area contributed by atoms with Crippen molar-refractivity contribution in [2.24, 2.45) is 0 Å². The molecule has 98 valence electrons. The standard InChI is InChI=1S/C7H6O2.C7H5O2.Cr/c2*8-7(9)6-4-2-1-3-5-6;/h1-5H,(H,8,9);2-5H,(H,8,9);/q;-1;. The largest absolute Gasteiger partial charge is 0.479 e. The molecule has 0 bridgehead atoms. The van der Waals surface area contributed by atoms with E-state index in [-0.39, 0.29) is 17.4 Å². The molecule has 2 rings (SSSR count). The summed E-state index contributed by atoms with van der Waals surface area (Å²) in [6, 6.07) is 17.2. The summed E-state index contributed by atoms with van der Waals surface area (Å²) in [5.74, 6) is -1.78. The molecule has 0 radical (unpaired) electrons. The minimum Gasteiger partial charge on any atom is -0.479 e. The number of aromatic carboxylic acids is 2. The molecular formula is C14H11CrO4-.